The Hall–Kier alpha value is -2.15. The van der Waals surface area contributed by atoms with Gasteiger partial charge in [-0.05, 0) is 38.1 Å². The summed E-state index contributed by atoms with van der Waals surface area (Å²) < 4.78 is 0. The van der Waals surface area contributed by atoms with Crippen molar-refractivity contribution in [2.45, 2.75) is 26.7 Å². The van der Waals surface area contributed by atoms with Gasteiger partial charge in [-0.2, -0.15) is 0 Å². The number of anilines is 2. The second kappa shape index (κ2) is 6.39. The van der Waals surface area contributed by atoms with Gasteiger partial charge < -0.3 is 15.1 Å². The lowest BCUT2D eigenvalue weighted by Crippen LogP contribution is -2.30. The number of hydrogen-bond acceptors (Lipinski definition) is 5. The second-order valence-electron chi connectivity index (χ2n) is 6.93. The van der Waals surface area contributed by atoms with E-state index in [0.29, 0.717) is 5.41 Å². The average molecular weight is 332 g/mol. The van der Waals surface area contributed by atoms with E-state index in [-0.39, 0.29) is 17.3 Å². The van der Waals surface area contributed by atoms with Crippen LogP contribution in [-0.4, -0.2) is 48.5 Å². The maximum absolute atomic E-state index is 11.3. The smallest absolute Gasteiger partial charge is 0.294 e. The first-order chi connectivity index (χ1) is 11.4. The van der Waals surface area contributed by atoms with E-state index in [1.165, 1.54) is 13.3 Å². The molecule has 1 atom stereocenters. The Balaban J connectivity index is 1.79. The normalized spacial score (nSPS) is 23.8. The number of amides is 1. The molecule has 2 saturated heterocycles. The molecule has 24 heavy (non-hydrogen) atoms. The van der Waals surface area contributed by atoms with Crippen molar-refractivity contribution in [1.82, 2.24) is 4.90 Å². The molecule has 2 aliphatic rings. The van der Waals surface area contributed by atoms with Gasteiger partial charge in [0.1, 0.15) is 5.69 Å². The molecule has 2 fully saturated rings. The van der Waals surface area contributed by atoms with E-state index < -0.39 is 4.92 Å². The first-order valence-corrected chi connectivity index (χ1v) is 8.46. The Labute approximate surface area is 141 Å². The summed E-state index contributed by atoms with van der Waals surface area (Å²) in [5, 5.41) is 13.9. The highest BCUT2D eigenvalue weighted by Crippen LogP contribution is 2.42. The van der Waals surface area contributed by atoms with Crippen LogP contribution in [0.25, 0.3) is 0 Å². The molecular weight excluding hydrogens is 308 g/mol. The van der Waals surface area contributed by atoms with E-state index in [0.717, 1.165) is 44.8 Å². The van der Waals surface area contributed by atoms with Crippen LogP contribution >= 0.6 is 0 Å². The zero-order valence-corrected chi connectivity index (χ0v) is 14.2. The fourth-order valence-corrected chi connectivity index (χ4v) is 3.95. The van der Waals surface area contributed by atoms with Crippen LogP contribution in [0.4, 0.5) is 17.1 Å². The Morgan fingerprint density at radius 1 is 1.33 bits per heavy atom. The topological polar surface area (TPSA) is 78.7 Å². The van der Waals surface area contributed by atoms with Crippen LogP contribution in [0.15, 0.2) is 18.2 Å². The molecule has 0 aliphatic carbocycles. The number of hydrogen-bond donors (Lipinski definition) is 1. The predicted molar refractivity (Wildman–Crippen MR) is 93.4 cm³/mol. The van der Waals surface area contributed by atoms with Crippen molar-refractivity contribution in [3.63, 3.8) is 0 Å². The summed E-state index contributed by atoms with van der Waals surface area (Å²) in [5.41, 5.74) is 1.39. The molecule has 1 unspecified atom stereocenters. The molecule has 2 heterocycles. The van der Waals surface area contributed by atoms with Crippen molar-refractivity contribution in [1.29, 1.82) is 0 Å². The maximum Gasteiger partial charge on any atom is 0.294 e. The van der Waals surface area contributed by atoms with Crippen molar-refractivity contribution in [3.05, 3.63) is 28.3 Å². The summed E-state index contributed by atoms with van der Waals surface area (Å²) >= 11 is 0. The van der Waals surface area contributed by atoms with Crippen LogP contribution in [0.5, 0.6) is 0 Å². The molecule has 1 aromatic rings. The van der Waals surface area contributed by atoms with Crippen molar-refractivity contribution < 1.29 is 9.72 Å². The summed E-state index contributed by atoms with van der Waals surface area (Å²) in [7, 11) is 0. The number of likely N-dealkylation sites (tertiary alicyclic amines) is 1. The van der Waals surface area contributed by atoms with E-state index in [2.05, 4.69) is 22.0 Å². The fourth-order valence-electron chi connectivity index (χ4n) is 3.95. The Bertz CT molecular complexity index is 663. The zero-order valence-electron chi connectivity index (χ0n) is 14.2. The number of nitro groups is 1. The van der Waals surface area contributed by atoms with Gasteiger partial charge in [-0.15, -0.1) is 0 Å². The summed E-state index contributed by atoms with van der Waals surface area (Å²) in [6.45, 7) is 8.75. The lowest BCUT2D eigenvalue weighted by atomic mass is 9.86. The van der Waals surface area contributed by atoms with Crippen molar-refractivity contribution >= 4 is 23.0 Å². The number of carbonyl (C=O) groups excluding carboxylic acids is 1. The lowest BCUT2D eigenvalue weighted by molar-refractivity contribution is -0.383. The summed E-state index contributed by atoms with van der Waals surface area (Å²) in [6.07, 6.45) is 2.33. The van der Waals surface area contributed by atoms with Gasteiger partial charge in [0, 0.05) is 43.7 Å². The first kappa shape index (κ1) is 16.7. The van der Waals surface area contributed by atoms with E-state index in [9.17, 15) is 14.9 Å². The van der Waals surface area contributed by atoms with Gasteiger partial charge >= 0.3 is 0 Å². The van der Waals surface area contributed by atoms with E-state index in [1.54, 1.807) is 12.1 Å². The third kappa shape index (κ3) is 3.21. The van der Waals surface area contributed by atoms with Gasteiger partial charge in [-0.1, -0.05) is 6.92 Å². The van der Waals surface area contributed by atoms with Crippen LogP contribution < -0.4 is 10.2 Å². The van der Waals surface area contributed by atoms with Crippen LogP contribution in [0.2, 0.25) is 0 Å². The lowest BCUT2D eigenvalue weighted by Gasteiger charge is -2.25. The first-order valence-electron chi connectivity index (χ1n) is 8.46. The van der Waals surface area contributed by atoms with Gasteiger partial charge in [0.15, 0.2) is 0 Å². The quantitative estimate of drug-likeness (QED) is 0.677. The van der Waals surface area contributed by atoms with Gasteiger partial charge in [0.05, 0.1) is 4.92 Å². The molecule has 7 heteroatoms. The Kier molecular flexibility index (Phi) is 4.45. The molecular formula is C17H24N4O3. The van der Waals surface area contributed by atoms with E-state index >= 15 is 0 Å². The second-order valence-corrected chi connectivity index (χ2v) is 6.93. The molecule has 1 N–H and O–H groups in total. The monoisotopic (exact) mass is 332 g/mol. The standard InChI is InChI=1S/C17H24N4O3/c1-3-19-8-6-17(11-19)7-9-20(12-17)14-4-5-15(18-13(2)22)16(10-14)21(23)24/h4-5,10H,3,6-9,11-12H2,1-2H3,(H,18,22). The van der Waals surface area contributed by atoms with Gasteiger partial charge in [-0.3, -0.25) is 14.9 Å². The molecule has 0 bridgehead atoms. The minimum absolute atomic E-state index is 0.0507. The Morgan fingerprint density at radius 3 is 2.71 bits per heavy atom. The number of nitrogens with one attached hydrogen (secondary N) is 1. The molecule has 1 aromatic carbocycles. The van der Waals surface area contributed by atoms with E-state index in [4.69, 9.17) is 0 Å². The number of nitrogens with zero attached hydrogens (tertiary/aromatic N) is 3. The van der Waals surface area contributed by atoms with Crippen LogP contribution in [0.1, 0.15) is 26.7 Å². The fraction of sp³-hybridized carbons (Fsp3) is 0.588. The number of carbonyl (C=O) groups is 1. The van der Waals surface area contributed by atoms with Crippen molar-refractivity contribution in [3.8, 4) is 0 Å². The molecule has 2 aliphatic heterocycles. The number of nitro benzene ring substituents is 1. The SMILES string of the molecule is CCN1CCC2(CCN(c3ccc(NC(C)=O)c([N+](=O)[O-])c3)C2)C1. The third-order valence-corrected chi connectivity index (χ3v) is 5.26. The highest BCUT2D eigenvalue weighted by atomic mass is 16.6. The largest absolute Gasteiger partial charge is 0.371 e. The molecule has 7 nitrogen and oxygen atoms in total. The molecule has 3 rings (SSSR count). The molecule has 1 amide bonds. The summed E-state index contributed by atoms with van der Waals surface area (Å²) in [6, 6.07) is 5.08. The average Bonchev–Trinajstić information content (AvgIpc) is 3.14. The van der Waals surface area contributed by atoms with Crippen molar-refractivity contribution in [2.75, 3.05) is 42.9 Å². The van der Waals surface area contributed by atoms with Gasteiger partial charge in [-0.25, -0.2) is 0 Å². The number of rotatable bonds is 4. The summed E-state index contributed by atoms with van der Waals surface area (Å²) in [5.74, 6) is -0.309. The molecule has 130 valence electrons. The summed E-state index contributed by atoms with van der Waals surface area (Å²) in [4.78, 5) is 26.8. The Morgan fingerprint density at radius 2 is 2.08 bits per heavy atom. The molecule has 1 spiro atoms. The van der Waals surface area contributed by atoms with Gasteiger partial charge in [0.2, 0.25) is 5.91 Å². The van der Waals surface area contributed by atoms with Crippen molar-refractivity contribution in [2.24, 2.45) is 5.41 Å². The zero-order chi connectivity index (χ0) is 17.3. The minimum Gasteiger partial charge on any atom is -0.371 e. The van der Waals surface area contributed by atoms with Crippen LogP contribution in [0, 0.1) is 15.5 Å². The van der Waals surface area contributed by atoms with E-state index in [1.807, 2.05) is 6.07 Å². The third-order valence-electron chi connectivity index (χ3n) is 5.26. The van der Waals surface area contributed by atoms with Crippen LogP contribution in [-0.2, 0) is 4.79 Å². The molecule has 0 aromatic heterocycles. The van der Waals surface area contributed by atoms with Gasteiger partial charge in [0.25, 0.3) is 5.69 Å². The maximum atomic E-state index is 11.3. The predicted octanol–water partition coefficient (Wildman–Crippen LogP) is 2.48. The highest BCUT2D eigenvalue weighted by Gasteiger charge is 2.43. The van der Waals surface area contributed by atoms with Crippen LogP contribution in [0.3, 0.4) is 0 Å². The number of benzene rings is 1. The minimum atomic E-state index is -0.436. The highest BCUT2D eigenvalue weighted by molar-refractivity contribution is 5.91. The molecule has 0 radical (unpaired) electrons. The molecule has 0 saturated carbocycles.